The Labute approximate surface area is 221 Å². The first-order valence-corrected chi connectivity index (χ1v) is 10.6. The van der Waals surface area contributed by atoms with Crippen LogP contribution in [0.2, 0.25) is 15.1 Å². The lowest BCUT2D eigenvalue weighted by molar-refractivity contribution is 0.474. The minimum Gasteiger partial charge on any atom is -0.507 e. The number of phenols is 3. The fraction of sp³-hybridized carbons (Fsp3) is 0. The summed E-state index contributed by atoms with van der Waals surface area (Å²) in [5.41, 5.74) is 6.24. The second kappa shape index (κ2) is 13.4. The van der Waals surface area contributed by atoms with Crippen LogP contribution in [0.4, 0.5) is 0 Å². The van der Waals surface area contributed by atoms with E-state index in [-0.39, 0.29) is 35.6 Å². The van der Waals surface area contributed by atoms with Crippen LogP contribution in [0.25, 0.3) is 0 Å². The highest BCUT2D eigenvalue weighted by Gasteiger charge is 2.02. The van der Waals surface area contributed by atoms with Crippen LogP contribution < -0.4 is 10.9 Å². The summed E-state index contributed by atoms with van der Waals surface area (Å²) in [6, 6.07) is 13.4. The Morgan fingerprint density at radius 1 is 0.629 bits per heavy atom. The third kappa shape index (κ3) is 8.66. The molecule has 0 saturated heterocycles. The van der Waals surface area contributed by atoms with E-state index in [2.05, 4.69) is 31.3 Å². The first-order valence-electron chi connectivity index (χ1n) is 9.46. The van der Waals surface area contributed by atoms with Crippen molar-refractivity contribution in [2.24, 2.45) is 20.4 Å². The molecule has 0 aliphatic carbocycles. The van der Waals surface area contributed by atoms with E-state index < -0.39 is 0 Å². The summed E-state index contributed by atoms with van der Waals surface area (Å²) in [4.78, 5) is 0. The van der Waals surface area contributed by atoms with Crippen molar-refractivity contribution < 1.29 is 15.3 Å². The molecule has 182 valence electrons. The fourth-order valence-corrected chi connectivity index (χ4v) is 2.97. The lowest BCUT2D eigenvalue weighted by Gasteiger charge is -2.04. The molecule has 0 spiro atoms. The number of rotatable bonds is 6. The average molecular weight is 556 g/mol. The molecule has 0 heterocycles. The van der Waals surface area contributed by atoms with Crippen molar-refractivity contribution in [2.45, 2.75) is 0 Å². The fourth-order valence-electron chi connectivity index (χ4n) is 2.43. The van der Waals surface area contributed by atoms with Crippen LogP contribution in [0, 0.1) is 0 Å². The van der Waals surface area contributed by atoms with Crippen LogP contribution in [0.1, 0.15) is 16.7 Å². The predicted molar refractivity (Wildman–Crippen MR) is 143 cm³/mol. The lowest BCUT2D eigenvalue weighted by Crippen LogP contribution is -2.30. The van der Waals surface area contributed by atoms with Gasteiger partial charge < -0.3 is 15.3 Å². The zero-order chi connectivity index (χ0) is 24.5. The molecule has 0 amide bonds. The van der Waals surface area contributed by atoms with E-state index in [0.717, 1.165) is 0 Å². The summed E-state index contributed by atoms with van der Waals surface area (Å²) in [7, 11) is 0. The molecule has 13 heteroatoms. The standard InChI is InChI=1S/C22H17Cl3N6O3.ClH/c23-16-1-4-19(32)13(7-16)10-26-29-22(30-27-11-14-8-17(24)2-5-20(14)33)31-28-12-15-9-18(25)3-6-21(15)34;/h1-12,32-34H,(H2,29,30,31);1H/b26-10+,27-11?,28-12?;. The van der Waals surface area contributed by atoms with E-state index in [1.165, 1.54) is 73.2 Å². The van der Waals surface area contributed by atoms with Gasteiger partial charge in [-0.15, -0.1) is 17.5 Å². The van der Waals surface area contributed by atoms with Gasteiger partial charge in [0.25, 0.3) is 5.96 Å². The average Bonchev–Trinajstić information content (AvgIpc) is 2.80. The Kier molecular flexibility index (Phi) is 10.6. The molecule has 0 atom stereocenters. The van der Waals surface area contributed by atoms with E-state index in [1.54, 1.807) is 0 Å². The maximum atomic E-state index is 9.89. The SMILES string of the molecule is Cl.Oc1ccc(Cl)cc1C=NN=C(NN=Cc1cc(Cl)ccc1O)N/N=C/c1cc(Cl)ccc1O. The summed E-state index contributed by atoms with van der Waals surface area (Å²) >= 11 is 17.8. The van der Waals surface area contributed by atoms with Gasteiger partial charge >= 0.3 is 0 Å². The molecule has 0 aliphatic rings. The van der Waals surface area contributed by atoms with Crippen molar-refractivity contribution in [2.75, 3.05) is 0 Å². The van der Waals surface area contributed by atoms with Crippen LogP contribution in [0.15, 0.2) is 75.0 Å². The number of phenolic OH excluding ortho intramolecular Hbond substituents is 3. The predicted octanol–water partition coefficient (Wildman–Crippen LogP) is 5.12. The molecule has 0 fully saturated rings. The first kappa shape index (κ1) is 27.7. The van der Waals surface area contributed by atoms with E-state index in [0.29, 0.717) is 31.8 Å². The molecule has 5 N–H and O–H groups in total. The minimum absolute atomic E-state index is 0. The van der Waals surface area contributed by atoms with Crippen molar-refractivity contribution in [3.05, 3.63) is 86.4 Å². The van der Waals surface area contributed by atoms with Crippen molar-refractivity contribution in [1.82, 2.24) is 10.9 Å². The monoisotopic (exact) mass is 554 g/mol. The van der Waals surface area contributed by atoms with Gasteiger partial charge in [0.15, 0.2) is 0 Å². The molecule has 0 bridgehead atoms. The largest absolute Gasteiger partial charge is 0.507 e. The maximum absolute atomic E-state index is 9.89. The number of aromatic hydroxyl groups is 3. The van der Waals surface area contributed by atoms with Gasteiger partial charge in [0.2, 0.25) is 0 Å². The van der Waals surface area contributed by atoms with Crippen molar-refractivity contribution in [1.29, 1.82) is 0 Å². The summed E-state index contributed by atoms with van der Waals surface area (Å²) in [5, 5.41) is 46.7. The lowest BCUT2D eigenvalue weighted by atomic mass is 10.2. The van der Waals surface area contributed by atoms with E-state index >= 15 is 0 Å². The molecule has 0 radical (unpaired) electrons. The Morgan fingerprint density at radius 2 is 1.00 bits per heavy atom. The van der Waals surface area contributed by atoms with Gasteiger partial charge in [-0.05, 0) is 54.6 Å². The molecule has 0 aliphatic heterocycles. The van der Waals surface area contributed by atoms with Crippen molar-refractivity contribution in [3.8, 4) is 17.2 Å². The smallest absolute Gasteiger partial charge is 0.257 e. The Bertz CT molecular complexity index is 1230. The number of nitrogens with one attached hydrogen (secondary N) is 2. The molecule has 0 unspecified atom stereocenters. The summed E-state index contributed by atoms with van der Waals surface area (Å²) in [5.74, 6) is -0.112. The highest BCUT2D eigenvalue weighted by molar-refractivity contribution is 6.31. The zero-order valence-electron chi connectivity index (χ0n) is 17.6. The highest BCUT2D eigenvalue weighted by atomic mass is 35.5. The van der Waals surface area contributed by atoms with Crippen LogP contribution in [-0.4, -0.2) is 39.9 Å². The van der Waals surface area contributed by atoms with Crippen LogP contribution in [0.3, 0.4) is 0 Å². The molecular formula is C22H18Cl4N6O3. The number of benzene rings is 3. The molecule has 0 aromatic heterocycles. The quantitative estimate of drug-likeness (QED) is 0.163. The molecule has 3 rings (SSSR count). The van der Waals surface area contributed by atoms with Crippen LogP contribution in [0.5, 0.6) is 17.2 Å². The molecule has 3 aromatic rings. The molecule has 9 nitrogen and oxygen atoms in total. The van der Waals surface area contributed by atoms with Crippen molar-refractivity contribution >= 4 is 71.8 Å². The molecule has 0 saturated carbocycles. The highest BCUT2D eigenvalue weighted by Crippen LogP contribution is 2.21. The Balaban J connectivity index is 0.00000432. The number of hydrogen-bond donors (Lipinski definition) is 5. The van der Waals surface area contributed by atoms with Gasteiger partial charge in [-0.1, -0.05) is 34.8 Å². The van der Waals surface area contributed by atoms with Gasteiger partial charge in [-0.2, -0.15) is 15.3 Å². The van der Waals surface area contributed by atoms with Gasteiger partial charge in [-0.25, -0.2) is 10.9 Å². The van der Waals surface area contributed by atoms with E-state index in [4.69, 9.17) is 34.8 Å². The Hall–Kier alpha value is -3.50. The Morgan fingerprint density at radius 3 is 1.40 bits per heavy atom. The van der Waals surface area contributed by atoms with Crippen molar-refractivity contribution in [3.63, 3.8) is 0 Å². The topological polar surface area (TPSA) is 134 Å². The third-order valence-electron chi connectivity index (χ3n) is 4.07. The van der Waals surface area contributed by atoms with E-state index in [1.807, 2.05) is 0 Å². The van der Waals surface area contributed by atoms with Gasteiger partial charge in [-0.3, -0.25) is 0 Å². The van der Waals surface area contributed by atoms with E-state index in [9.17, 15) is 15.3 Å². The molecular weight excluding hydrogens is 538 g/mol. The summed E-state index contributed by atoms with van der Waals surface area (Å²) < 4.78 is 0. The second-order valence-electron chi connectivity index (χ2n) is 6.54. The number of halogens is 4. The maximum Gasteiger partial charge on any atom is 0.257 e. The van der Waals surface area contributed by atoms with Gasteiger partial charge in [0.05, 0.1) is 18.6 Å². The van der Waals surface area contributed by atoms with Crippen LogP contribution >= 0.6 is 47.2 Å². The van der Waals surface area contributed by atoms with Gasteiger partial charge in [0.1, 0.15) is 17.2 Å². The minimum atomic E-state index is -0.0340. The summed E-state index contributed by atoms with van der Waals surface area (Å²) in [6.45, 7) is 0. The van der Waals surface area contributed by atoms with Gasteiger partial charge in [0, 0.05) is 31.8 Å². The normalized spacial score (nSPS) is 11.8. The zero-order valence-corrected chi connectivity index (χ0v) is 20.7. The first-order chi connectivity index (χ1) is 16.3. The van der Waals surface area contributed by atoms with Crippen LogP contribution in [-0.2, 0) is 0 Å². The number of guanidine groups is 1. The molecule has 35 heavy (non-hydrogen) atoms. The number of hydrogen-bond acceptors (Lipinski definition) is 7. The number of nitrogens with zero attached hydrogens (tertiary/aromatic N) is 4. The summed E-state index contributed by atoms with van der Waals surface area (Å²) in [6.07, 6.45) is 3.92. The third-order valence-corrected chi connectivity index (χ3v) is 4.78. The number of hydrazone groups is 2. The second-order valence-corrected chi connectivity index (χ2v) is 7.85. The molecule has 3 aromatic carbocycles.